The molecule has 0 fully saturated rings. The lowest BCUT2D eigenvalue weighted by Gasteiger charge is -2.17. The van der Waals surface area contributed by atoms with Crippen LogP contribution in [-0.2, 0) is 0 Å². The Labute approximate surface area is 417 Å². The molecule has 4 heteroatoms. The van der Waals surface area contributed by atoms with Gasteiger partial charge < -0.3 is 0 Å². The second-order valence-corrected chi connectivity index (χ2v) is 18.9. The summed E-state index contributed by atoms with van der Waals surface area (Å²) in [6.07, 6.45) is 10.4. The van der Waals surface area contributed by atoms with Gasteiger partial charge in [-0.25, -0.2) is 9.97 Å². The van der Waals surface area contributed by atoms with Gasteiger partial charge in [-0.05, 0) is 132 Å². The largest absolute Gasteiger partial charge is 0.252 e. The molecular weight excluding hydrogens is 873 g/mol. The molecule has 2 aromatic heterocycles. The van der Waals surface area contributed by atoms with Crippen molar-refractivity contribution in [2.24, 2.45) is 0 Å². The van der Waals surface area contributed by atoms with E-state index in [0.717, 1.165) is 112 Å². The van der Waals surface area contributed by atoms with Gasteiger partial charge in [-0.3, -0.25) is 9.97 Å². The summed E-state index contributed by atoms with van der Waals surface area (Å²) < 4.78 is 0. The van der Waals surface area contributed by atoms with Crippen molar-refractivity contribution in [3.63, 3.8) is 0 Å². The SMILES string of the molecule is C1=C(c2cccc(-c3cnc4c5cc(-c6ccccc6)ccc5c5ccc(-c6ccccc6)cc5c4n3)c2)C=C(c2cnc3c4cc(-c5ccccc5)ccc4c4ccc(-c5ccccc5)cc4c3n2)CC1. The van der Waals surface area contributed by atoms with E-state index < -0.39 is 0 Å². The van der Waals surface area contributed by atoms with Gasteiger partial charge in [0, 0.05) is 27.1 Å². The minimum atomic E-state index is 0.833. The molecule has 0 unspecified atom stereocenters. The molecule has 14 rings (SSSR count). The lowest BCUT2D eigenvalue weighted by molar-refractivity contribution is 1.04. The van der Waals surface area contributed by atoms with E-state index in [9.17, 15) is 0 Å². The summed E-state index contributed by atoms with van der Waals surface area (Å²) in [6.45, 7) is 0. The van der Waals surface area contributed by atoms with Crippen molar-refractivity contribution < 1.29 is 0 Å². The molecule has 0 bridgehead atoms. The molecule has 0 amide bonds. The van der Waals surface area contributed by atoms with E-state index in [4.69, 9.17) is 19.9 Å². The first-order chi connectivity index (χ1) is 35.7. The lowest BCUT2D eigenvalue weighted by Crippen LogP contribution is -1.99. The highest BCUT2D eigenvalue weighted by Crippen LogP contribution is 2.41. The van der Waals surface area contributed by atoms with Crippen molar-refractivity contribution in [2.75, 3.05) is 0 Å². The minimum Gasteiger partial charge on any atom is -0.252 e. The highest BCUT2D eigenvalue weighted by molar-refractivity contribution is 6.25. The van der Waals surface area contributed by atoms with Gasteiger partial charge in [0.15, 0.2) is 0 Å². The number of fused-ring (bicyclic) bond motifs is 12. The number of aromatic nitrogens is 4. The fourth-order valence-corrected chi connectivity index (χ4v) is 10.9. The van der Waals surface area contributed by atoms with E-state index in [1.54, 1.807) is 0 Å². The van der Waals surface area contributed by atoms with Crippen LogP contribution in [0.2, 0.25) is 0 Å². The van der Waals surface area contributed by atoms with Crippen molar-refractivity contribution in [3.05, 3.63) is 254 Å². The summed E-state index contributed by atoms with van der Waals surface area (Å²) in [5.74, 6) is 0. The van der Waals surface area contributed by atoms with Crippen molar-refractivity contribution >= 4 is 76.3 Å². The van der Waals surface area contributed by atoms with Crippen LogP contribution >= 0.6 is 0 Å². The third kappa shape index (κ3) is 7.23. The first kappa shape index (κ1) is 41.6. The van der Waals surface area contributed by atoms with Gasteiger partial charge >= 0.3 is 0 Å². The molecule has 4 nitrogen and oxygen atoms in total. The van der Waals surface area contributed by atoms with Crippen LogP contribution in [0.4, 0.5) is 0 Å². The Bertz CT molecular complexity index is 4350. The molecule has 0 aliphatic heterocycles. The van der Waals surface area contributed by atoms with Gasteiger partial charge in [-0.2, -0.15) is 0 Å². The standard InChI is InChI=1S/C68H44N4/c1-5-15-43(16-6-1)49-27-31-55-57-33-29-51(45-19-9-3-10-20-45)39-61(57)67-65(59(55)37-49)69-41-63(71-67)53-25-13-23-47(35-53)48-24-14-26-54(36-48)64-42-70-66-60-38-50(44-17-7-2-8-18-44)28-32-56(60)58-34-30-52(40-62(58)68(66)72-64)46-21-11-4-12-22-46/h1-13,15-25,27-42H,14,26H2. The Balaban J connectivity index is 0.878. The highest BCUT2D eigenvalue weighted by atomic mass is 14.8. The second kappa shape index (κ2) is 17.2. The van der Waals surface area contributed by atoms with Gasteiger partial charge in [0.05, 0.1) is 45.8 Å². The van der Waals surface area contributed by atoms with Crippen LogP contribution in [0.5, 0.6) is 0 Å². The van der Waals surface area contributed by atoms with Crippen molar-refractivity contribution in [3.8, 4) is 55.8 Å². The summed E-state index contributed by atoms with van der Waals surface area (Å²) in [7, 11) is 0. The second-order valence-electron chi connectivity index (χ2n) is 18.9. The predicted molar refractivity (Wildman–Crippen MR) is 301 cm³/mol. The summed E-state index contributed by atoms with van der Waals surface area (Å²) in [5, 5.41) is 9.06. The van der Waals surface area contributed by atoms with Crippen LogP contribution in [0.3, 0.4) is 0 Å². The van der Waals surface area contributed by atoms with E-state index in [-0.39, 0.29) is 0 Å². The van der Waals surface area contributed by atoms with Crippen LogP contribution in [-0.4, -0.2) is 19.9 Å². The smallest absolute Gasteiger partial charge is 0.0979 e. The summed E-state index contributed by atoms with van der Waals surface area (Å²) in [5.41, 5.74) is 19.1. The average molecular weight is 917 g/mol. The van der Waals surface area contributed by atoms with E-state index in [2.05, 4.69) is 231 Å². The summed E-state index contributed by atoms with van der Waals surface area (Å²) in [6, 6.07) is 78.1. The zero-order valence-corrected chi connectivity index (χ0v) is 39.3. The molecule has 2 heterocycles. The number of hydrogen-bond donors (Lipinski definition) is 0. The molecule has 1 aliphatic rings. The molecule has 0 saturated heterocycles. The number of hydrogen-bond acceptors (Lipinski definition) is 4. The monoisotopic (exact) mass is 916 g/mol. The van der Waals surface area contributed by atoms with Crippen LogP contribution in [0.25, 0.3) is 132 Å². The molecular formula is C68H44N4. The quantitative estimate of drug-likeness (QED) is 0.150. The fraction of sp³-hybridized carbons (Fsp3) is 0.0294. The predicted octanol–water partition coefficient (Wildman–Crippen LogP) is 17.8. The Kier molecular flexibility index (Phi) is 9.95. The number of rotatable bonds is 7. The Hall–Kier alpha value is -9.38. The molecule has 0 N–H and O–H groups in total. The lowest BCUT2D eigenvalue weighted by atomic mass is 9.91. The maximum absolute atomic E-state index is 5.55. The molecule has 72 heavy (non-hydrogen) atoms. The maximum Gasteiger partial charge on any atom is 0.0979 e. The zero-order valence-electron chi connectivity index (χ0n) is 39.3. The Morgan fingerprint density at radius 1 is 0.278 bits per heavy atom. The van der Waals surface area contributed by atoms with Gasteiger partial charge in [-0.15, -0.1) is 0 Å². The van der Waals surface area contributed by atoms with E-state index >= 15 is 0 Å². The van der Waals surface area contributed by atoms with Gasteiger partial charge in [0.1, 0.15) is 0 Å². The molecule has 0 saturated carbocycles. The zero-order chi connectivity index (χ0) is 47.5. The first-order valence-electron chi connectivity index (χ1n) is 24.7. The van der Waals surface area contributed by atoms with Crippen LogP contribution in [0, 0.1) is 0 Å². The first-order valence-corrected chi connectivity index (χ1v) is 24.7. The average Bonchev–Trinajstić information content (AvgIpc) is 3.47. The molecule has 0 spiro atoms. The van der Waals surface area contributed by atoms with E-state index in [1.165, 1.54) is 44.0 Å². The third-order valence-corrected chi connectivity index (χ3v) is 14.6. The Morgan fingerprint density at radius 2 is 0.653 bits per heavy atom. The van der Waals surface area contributed by atoms with Crippen LogP contribution < -0.4 is 0 Å². The normalized spacial score (nSPS) is 12.8. The molecule has 11 aromatic carbocycles. The van der Waals surface area contributed by atoms with Crippen LogP contribution in [0.1, 0.15) is 24.1 Å². The number of nitrogens with zero attached hydrogens (tertiary/aromatic N) is 4. The highest BCUT2D eigenvalue weighted by Gasteiger charge is 2.19. The number of allylic oxidation sites excluding steroid dienone is 4. The van der Waals surface area contributed by atoms with Gasteiger partial charge in [-0.1, -0.05) is 194 Å². The summed E-state index contributed by atoms with van der Waals surface area (Å²) >= 11 is 0. The topological polar surface area (TPSA) is 51.6 Å². The Morgan fingerprint density at radius 3 is 1.10 bits per heavy atom. The van der Waals surface area contributed by atoms with E-state index in [0.29, 0.717) is 0 Å². The number of benzene rings is 11. The molecule has 1 aliphatic carbocycles. The van der Waals surface area contributed by atoms with Crippen molar-refractivity contribution in [2.45, 2.75) is 12.8 Å². The van der Waals surface area contributed by atoms with Crippen molar-refractivity contribution in [1.29, 1.82) is 0 Å². The molecule has 336 valence electrons. The summed E-state index contributed by atoms with van der Waals surface area (Å²) in [4.78, 5) is 21.6. The fourth-order valence-electron chi connectivity index (χ4n) is 10.9. The van der Waals surface area contributed by atoms with E-state index in [1.807, 2.05) is 12.4 Å². The molecule has 13 aromatic rings. The minimum absolute atomic E-state index is 0.833. The third-order valence-electron chi connectivity index (χ3n) is 14.6. The molecule has 0 atom stereocenters. The van der Waals surface area contributed by atoms with Gasteiger partial charge in [0.2, 0.25) is 0 Å². The van der Waals surface area contributed by atoms with Crippen LogP contribution in [0.15, 0.2) is 243 Å². The van der Waals surface area contributed by atoms with Crippen molar-refractivity contribution in [1.82, 2.24) is 19.9 Å². The maximum atomic E-state index is 5.55. The van der Waals surface area contributed by atoms with Gasteiger partial charge in [0.25, 0.3) is 0 Å². The molecule has 0 radical (unpaired) electrons.